The smallest absolute Gasteiger partial charge is 0.240 e. The molecule has 0 N–H and O–H groups in total. The van der Waals surface area contributed by atoms with Crippen molar-refractivity contribution in [3.63, 3.8) is 0 Å². The van der Waals surface area contributed by atoms with E-state index < -0.39 is 0 Å². The molecule has 0 saturated carbocycles. The van der Waals surface area contributed by atoms with Crippen LogP contribution in [0.2, 0.25) is 0 Å². The number of carbonyl (C=O) groups is 1. The van der Waals surface area contributed by atoms with E-state index in [4.69, 9.17) is 0 Å². The molecule has 0 aromatic carbocycles. The third kappa shape index (κ3) is 5.09. The maximum atomic E-state index is 11.9. The quantitative estimate of drug-likeness (QED) is 0.663. The van der Waals surface area contributed by atoms with Gasteiger partial charge in [0, 0.05) is 26.2 Å². The van der Waals surface area contributed by atoms with Crippen LogP contribution in [-0.4, -0.2) is 56.2 Å². The summed E-state index contributed by atoms with van der Waals surface area (Å²) in [5, 5.41) is 0. The van der Waals surface area contributed by atoms with Crippen LogP contribution in [0.1, 0.15) is 27.7 Å². The molecule has 18 heavy (non-hydrogen) atoms. The van der Waals surface area contributed by atoms with Gasteiger partial charge in [-0.15, -0.1) is 5.98 Å². The number of nitrogens with zero attached hydrogens (tertiary/aromatic N) is 2. The van der Waals surface area contributed by atoms with Crippen molar-refractivity contribution < 1.29 is 4.79 Å². The van der Waals surface area contributed by atoms with Gasteiger partial charge >= 0.3 is 0 Å². The van der Waals surface area contributed by atoms with E-state index in [0.717, 1.165) is 31.7 Å². The van der Waals surface area contributed by atoms with Gasteiger partial charge in [-0.25, -0.2) is 0 Å². The van der Waals surface area contributed by atoms with Crippen LogP contribution >= 0.6 is 0 Å². The molecule has 0 bridgehead atoms. The summed E-state index contributed by atoms with van der Waals surface area (Å²) >= 11 is 0. The number of amides is 1. The molecule has 1 radical (unpaired) electrons. The molecule has 3 nitrogen and oxygen atoms in total. The van der Waals surface area contributed by atoms with Gasteiger partial charge in [0.25, 0.3) is 0 Å². The van der Waals surface area contributed by atoms with Crippen LogP contribution in [0.4, 0.5) is 0 Å². The van der Waals surface area contributed by atoms with Gasteiger partial charge in [-0.1, -0.05) is 39.8 Å². The molecule has 0 aromatic heterocycles. The van der Waals surface area contributed by atoms with Gasteiger partial charge in [-0.05, 0) is 12.5 Å². The van der Waals surface area contributed by atoms with Gasteiger partial charge in [0.1, 0.15) is 0 Å². The third-order valence-electron chi connectivity index (χ3n) is 2.70. The average Bonchev–Trinajstić information content (AvgIpc) is 2.97. The van der Waals surface area contributed by atoms with Crippen molar-refractivity contribution in [2.24, 2.45) is 0 Å². The Hall–Kier alpha value is -1.03. The molecular formula is C14H26BN2O. The van der Waals surface area contributed by atoms with E-state index in [1.165, 1.54) is 0 Å². The number of likely N-dealkylation sites (N-methyl/N-ethyl adjacent to an activating group) is 1. The van der Waals surface area contributed by atoms with Crippen LogP contribution in [0.3, 0.4) is 0 Å². The van der Waals surface area contributed by atoms with Gasteiger partial charge in [-0.3, -0.25) is 4.79 Å². The van der Waals surface area contributed by atoms with Crippen LogP contribution in [0, 0.1) is 0 Å². The highest BCUT2D eigenvalue weighted by Crippen LogP contribution is 2.08. The van der Waals surface area contributed by atoms with Crippen molar-refractivity contribution in [1.82, 2.24) is 9.80 Å². The van der Waals surface area contributed by atoms with Crippen molar-refractivity contribution in [2.45, 2.75) is 27.7 Å². The minimum atomic E-state index is 0.170. The predicted molar refractivity (Wildman–Crippen MR) is 79.8 cm³/mol. The number of carbonyl (C=O) groups excluding carboxylic acids is 1. The van der Waals surface area contributed by atoms with Gasteiger partial charge in [0.2, 0.25) is 5.91 Å². The first kappa shape index (κ1) is 17.0. The Morgan fingerprint density at radius 3 is 2.11 bits per heavy atom. The molecule has 2 aliphatic heterocycles. The van der Waals surface area contributed by atoms with Gasteiger partial charge < -0.3 is 9.80 Å². The molecule has 0 aliphatic carbocycles. The lowest BCUT2D eigenvalue weighted by Crippen LogP contribution is -2.47. The highest BCUT2D eigenvalue weighted by atomic mass is 16.2. The highest BCUT2D eigenvalue weighted by Gasteiger charge is 2.21. The first-order valence-electron chi connectivity index (χ1n) is 6.97. The fourth-order valence-corrected chi connectivity index (χ4v) is 1.71. The fourth-order valence-electron chi connectivity index (χ4n) is 1.71. The summed E-state index contributed by atoms with van der Waals surface area (Å²) < 4.78 is 0. The van der Waals surface area contributed by atoms with E-state index in [0.29, 0.717) is 0 Å². The second-order valence-corrected chi connectivity index (χ2v) is 3.77. The Morgan fingerprint density at radius 2 is 1.67 bits per heavy atom. The fraction of sp³-hybridized carbons (Fsp3) is 0.643. The zero-order valence-corrected chi connectivity index (χ0v) is 12.4. The first-order chi connectivity index (χ1) is 8.77. The molecule has 0 atom stereocenters. The lowest BCUT2D eigenvalue weighted by atomic mass is 9.72. The highest BCUT2D eigenvalue weighted by molar-refractivity contribution is 6.59. The Kier molecular flexibility index (Phi) is 9.38. The molecule has 0 spiro atoms. The van der Waals surface area contributed by atoms with Crippen LogP contribution in [0.5, 0.6) is 0 Å². The summed E-state index contributed by atoms with van der Waals surface area (Å²) in [5.41, 5.74) is 0.814. The molecule has 0 unspecified atom stereocenters. The second kappa shape index (κ2) is 9.95. The lowest BCUT2D eigenvalue weighted by molar-refractivity contribution is -0.127. The van der Waals surface area contributed by atoms with Crippen molar-refractivity contribution in [1.29, 1.82) is 0 Å². The Balaban J connectivity index is 0.000000659. The van der Waals surface area contributed by atoms with E-state index in [9.17, 15) is 4.79 Å². The minimum absolute atomic E-state index is 0.170. The third-order valence-corrected chi connectivity index (χ3v) is 2.70. The number of piperazine rings is 1. The molecule has 2 heterocycles. The van der Waals surface area contributed by atoms with E-state index in [-0.39, 0.29) is 5.91 Å². The van der Waals surface area contributed by atoms with Crippen LogP contribution in [-0.2, 0) is 4.79 Å². The molecule has 101 valence electrons. The summed E-state index contributed by atoms with van der Waals surface area (Å²) in [5.74, 6) is 2.08. The summed E-state index contributed by atoms with van der Waals surface area (Å²) in [7, 11) is 3.96. The molecule has 0 aromatic rings. The van der Waals surface area contributed by atoms with Gasteiger partial charge in [0.05, 0.1) is 0 Å². The Labute approximate surface area is 113 Å². The first-order valence-corrected chi connectivity index (χ1v) is 6.97. The zero-order valence-electron chi connectivity index (χ0n) is 12.4. The summed E-state index contributed by atoms with van der Waals surface area (Å²) in [6.07, 6.45) is 3.78. The van der Waals surface area contributed by atoms with Gasteiger partial charge in [-0.2, -0.15) is 0 Å². The molecular weight excluding hydrogens is 223 g/mol. The zero-order chi connectivity index (χ0) is 14.0. The molecule has 1 saturated heterocycles. The van der Waals surface area contributed by atoms with Crippen molar-refractivity contribution in [3.05, 3.63) is 23.6 Å². The lowest BCUT2D eigenvalue weighted by Gasteiger charge is -2.32. The van der Waals surface area contributed by atoms with E-state index in [1.54, 1.807) is 0 Å². The number of hydrogen-bond donors (Lipinski definition) is 0. The minimum Gasteiger partial charge on any atom is -0.337 e. The summed E-state index contributed by atoms with van der Waals surface area (Å²) in [6, 6.07) is 0. The SMILES string of the molecule is CC.CC.CN1CCN(C(=O)C2=CC=C[B]2)CC1. The van der Waals surface area contributed by atoms with Crippen molar-refractivity contribution in [3.8, 4) is 0 Å². The van der Waals surface area contributed by atoms with E-state index >= 15 is 0 Å². The van der Waals surface area contributed by atoms with Crippen molar-refractivity contribution >= 4 is 13.2 Å². The molecule has 4 heteroatoms. The van der Waals surface area contributed by atoms with E-state index in [1.807, 2.05) is 58.0 Å². The monoisotopic (exact) mass is 249 g/mol. The largest absolute Gasteiger partial charge is 0.337 e. The van der Waals surface area contributed by atoms with Crippen LogP contribution in [0.25, 0.3) is 0 Å². The standard InChI is InChI=1S/C10H14BN2O.2C2H6/c1-12-5-7-13(8-6-12)10(14)9-3-2-4-11-9;2*1-2/h2-4H,5-8H2,1H3;2*1-2H3. The average molecular weight is 249 g/mol. The molecule has 1 amide bonds. The molecule has 2 rings (SSSR count). The number of allylic oxidation sites excluding steroid dienone is 2. The van der Waals surface area contributed by atoms with Crippen molar-refractivity contribution in [2.75, 3.05) is 33.2 Å². The normalized spacial score (nSPS) is 17.8. The van der Waals surface area contributed by atoms with Gasteiger partial charge in [0.15, 0.2) is 7.28 Å². The number of rotatable bonds is 1. The molecule has 2 aliphatic rings. The Morgan fingerprint density at radius 1 is 1.11 bits per heavy atom. The maximum absolute atomic E-state index is 11.9. The summed E-state index contributed by atoms with van der Waals surface area (Å²) in [6.45, 7) is 11.7. The number of hydrogen-bond acceptors (Lipinski definition) is 2. The van der Waals surface area contributed by atoms with Crippen LogP contribution in [0.15, 0.2) is 23.6 Å². The second-order valence-electron chi connectivity index (χ2n) is 3.77. The maximum Gasteiger partial charge on any atom is 0.240 e. The predicted octanol–water partition coefficient (Wildman–Crippen LogP) is 1.93. The Bertz CT molecular complexity index is 292. The van der Waals surface area contributed by atoms with E-state index in [2.05, 4.69) is 11.9 Å². The topological polar surface area (TPSA) is 23.6 Å². The van der Waals surface area contributed by atoms with Crippen LogP contribution < -0.4 is 0 Å². The molecule has 1 fully saturated rings. The summed E-state index contributed by atoms with van der Waals surface area (Å²) in [4.78, 5) is 16.0.